The first-order valence-corrected chi connectivity index (χ1v) is 11.5. The van der Waals surface area contributed by atoms with Crippen LogP contribution < -0.4 is 35.4 Å². The largest absolute Gasteiger partial charge is 0.502 e. The Morgan fingerprint density at radius 3 is 2.27 bits per heavy atom. The van der Waals surface area contributed by atoms with Gasteiger partial charge in [0.25, 0.3) is 11.1 Å². The summed E-state index contributed by atoms with van der Waals surface area (Å²) in [5, 5.41) is 18.2. The second kappa shape index (κ2) is 8.50. The molecule has 1 saturated heterocycles. The zero-order valence-electron chi connectivity index (χ0n) is 19.8. The molecule has 0 saturated carbocycles. The molecular formula is C25H23N3O9. The molecule has 2 aliphatic heterocycles. The highest BCUT2D eigenvalue weighted by molar-refractivity contribution is 5.79. The Balaban J connectivity index is 1.57. The molecule has 192 valence electrons. The highest BCUT2D eigenvalue weighted by Gasteiger charge is 2.53. The quantitative estimate of drug-likeness (QED) is 0.372. The summed E-state index contributed by atoms with van der Waals surface area (Å²) in [5.74, 6) is -0.744. The summed E-state index contributed by atoms with van der Waals surface area (Å²) in [6, 6.07) is 7.55. The van der Waals surface area contributed by atoms with Gasteiger partial charge < -0.3 is 34.1 Å². The number of aromatic amines is 2. The topological polar surface area (TPSA) is 161 Å². The number of aromatic hydroxyl groups is 1. The number of benzene rings is 2. The first-order valence-electron chi connectivity index (χ1n) is 11.5. The maximum Gasteiger partial charge on any atom is 0.310 e. The number of cyclic esters (lactones) is 1. The van der Waals surface area contributed by atoms with E-state index in [0.717, 1.165) is 11.1 Å². The molecule has 1 aliphatic carbocycles. The number of aromatic nitrogens is 2. The van der Waals surface area contributed by atoms with Gasteiger partial charge in [-0.1, -0.05) is 0 Å². The molecule has 2 aromatic carbocycles. The maximum atomic E-state index is 13.2. The van der Waals surface area contributed by atoms with Crippen LogP contribution in [0.25, 0.3) is 0 Å². The van der Waals surface area contributed by atoms with Crippen LogP contribution in [0.3, 0.4) is 0 Å². The summed E-state index contributed by atoms with van der Waals surface area (Å²) in [4.78, 5) is 37.6. The summed E-state index contributed by atoms with van der Waals surface area (Å²) in [6.45, 7) is 0.142. The van der Waals surface area contributed by atoms with Crippen molar-refractivity contribution in [1.29, 1.82) is 0 Å². The Kier molecular flexibility index (Phi) is 5.25. The van der Waals surface area contributed by atoms with Gasteiger partial charge in [0.05, 0.1) is 32.8 Å². The normalized spacial score (nSPS) is 23.1. The van der Waals surface area contributed by atoms with Crippen LogP contribution in [-0.4, -0.2) is 48.9 Å². The third kappa shape index (κ3) is 3.55. The zero-order chi connectivity index (χ0) is 25.8. The number of hydrogen-bond donors (Lipinski definition) is 4. The lowest BCUT2D eigenvalue weighted by molar-refractivity contribution is -0.141. The van der Waals surface area contributed by atoms with Gasteiger partial charge in [0.2, 0.25) is 12.5 Å². The summed E-state index contributed by atoms with van der Waals surface area (Å²) >= 11 is 0. The molecule has 4 atom stereocenters. The predicted octanol–water partition coefficient (Wildman–Crippen LogP) is 1.60. The SMILES string of the molecule is COc1cc([C@@H]2c3cc4c(cc3[C@@H](Nc3cc(=O)[nH][nH]c3=O)[C@H]3COC(=O)[C@H]23)OCO4)cc(OC)c1O. The van der Waals surface area contributed by atoms with Crippen molar-refractivity contribution >= 4 is 11.7 Å². The Hall–Kier alpha value is -4.61. The lowest BCUT2D eigenvalue weighted by atomic mass is 9.65. The van der Waals surface area contributed by atoms with Crippen LogP contribution in [0.15, 0.2) is 39.9 Å². The van der Waals surface area contributed by atoms with E-state index < -0.39 is 40.9 Å². The van der Waals surface area contributed by atoms with E-state index in [4.69, 9.17) is 23.7 Å². The molecule has 37 heavy (non-hydrogen) atoms. The average molecular weight is 509 g/mol. The van der Waals surface area contributed by atoms with Crippen molar-refractivity contribution in [2.24, 2.45) is 11.8 Å². The van der Waals surface area contributed by atoms with Crippen LogP contribution in [0.5, 0.6) is 28.7 Å². The fraction of sp³-hybridized carbons (Fsp3) is 0.320. The number of esters is 1. The van der Waals surface area contributed by atoms with E-state index in [1.54, 1.807) is 12.1 Å². The molecule has 1 fully saturated rings. The van der Waals surface area contributed by atoms with Crippen molar-refractivity contribution in [3.8, 4) is 28.7 Å². The Morgan fingerprint density at radius 1 is 0.919 bits per heavy atom. The Labute approximate surface area is 209 Å². The monoisotopic (exact) mass is 509 g/mol. The number of nitrogens with one attached hydrogen (secondary N) is 3. The van der Waals surface area contributed by atoms with Gasteiger partial charge in [-0.3, -0.25) is 24.6 Å². The number of carbonyl (C=O) groups excluding carboxylic acids is 1. The molecule has 12 heteroatoms. The highest BCUT2D eigenvalue weighted by Crippen LogP contribution is 2.56. The first-order chi connectivity index (χ1) is 17.9. The van der Waals surface area contributed by atoms with Gasteiger partial charge in [-0.2, -0.15) is 0 Å². The number of ether oxygens (including phenoxy) is 5. The second-order valence-electron chi connectivity index (χ2n) is 9.03. The molecule has 3 heterocycles. The number of methoxy groups -OCH3 is 2. The molecule has 0 spiro atoms. The van der Waals surface area contributed by atoms with Crippen molar-refractivity contribution in [2.75, 3.05) is 32.9 Å². The van der Waals surface area contributed by atoms with Crippen molar-refractivity contribution in [1.82, 2.24) is 10.2 Å². The van der Waals surface area contributed by atoms with Gasteiger partial charge in [-0.15, -0.1) is 0 Å². The van der Waals surface area contributed by atoms with Crippen LogP contribution >= 0.6 is 0 Å². The van der Waals surface area contributed by atoms with Crippen molar-refractivity contribution < 1.29 is 33.6 Å². The van der Waals surface area contributed by atoms with Gasteiger partial charge in [-0.05, 0) is 41.0 Å². The standard InChI is InChI=1S/C25H23N3O9/c1-33-17-3-10(4-18(34-2)23(17)30)20-11-5-15-16(37-9-36-15)6-12(11)22(13-8-35-25(32)21(13)20)26-14-7-19(29)27-28-24(14)31/h3-7,13,20-22,30H,8-9H2,1-2H3,(H,28,31)(H2,26,27,29)/t13-,20+,21-,22+/m0/s1. The van der Waals surface area contributed by atoms with E-state index in [2.05, 4.69) is 15.5 Å². The maximum absolute atomic E-state index is 13.2. The molecule has 1 aromatic heterocycles. The molecular weight excluding hydrogens is 486 g/mol. The first kappa shape index (κ1) is 22.8. The molecule has 6 rings (SSSR count). The minimum absolute atomic E-state index is 0.0461. The van der Waals surface area contributed by atoms with E-state index in [-0.39, 0.29) is 36.3 Å². The fourth-order valence-corrected chi connectivity index (χ4v) is 5.53. The summed E-state index contributed by atoms with van der Waals surface area (Å²) in [7, 11) is 2.85. The molecule has 0 bridgehead atoms. The van der Waals surface area contributed by atoms with Crippen LogP contribution in [0, 0.1) is 11.8 Å². The van der Waals surface area contributed by atoms with Gasteiger partial charge in [0.1, 0.15) is 5.69 Å². The van der Waals surface area contributed by atoms with Crippen molar-refractivity contribution in [2.45, 2.75) is 12.0 Å². The number of phenols is 1. The fourth-order valence-electron chi connectivity index (χ4n) is 5.53. The minimum Gasteiger partial charge on any atom is -0.502 e. The van der Waals surface area contributed by atoms with E-state index in [1.807, 2.05) is 12.1 Å². The van der Waals surface area contributed by atoms with Crippen LogP contribution in [0.4, 0.5) is 5.69 Å². The van der Waals surface area contributed by atoms with E-state index in [1.165, 1.54) is 20.3 Å². The molecule has 0 amide bonds. The Morgan fingerprint density at radius 2 is 1.59 bits per heavy atom. The van der Waals surface area contributed by atoms with Crippen molar-refractivity contribution in [3.05, 3.63) is 67.7 Å². The van der Waals surface area contributed by atoms with Gasteiger partial charge in [0, 0.05) is 17.9 Å². The number of phenolic OH excluding ortho intramolecular Hbond substituents is 1. The van der Waals surface area contributed by atoms with Crippen molar-refractivity contribution in [3.63, 3.8) is 0 Å². The van der Waals surface area contributed by atoms with Crippen LogP contribution in [-0.2, 0) is 9.53 Å². The number of fused-ring (bicyclic) bond motifs is 3. The molecule has 3 aliphatic rings. The molecule has 4 N–H and O–H groups in total. The lowest BCUT2D eigenvalue weighted by Gasteiger charge is -2.39. The lowest BCUT2D eigenvalue weighted by Crippen LogP contribution is -2.38. The third-order valence-corrected chi connectivity index (χ3v) is 7.18. The van der Waals surface area contributed by atoms with Crippen LogP contribution in [0.2, 0.25) is 0 Å². The predicted molar refractivity (Wildman–Crippen MR) is 128 cm³/mol. The van der Waals surface area contributed by atoms with Gasteiger partial charge in [-0.25, -0.2) is 0 Å². The highest BCUT2D eigenvalue weighted by atomic mass is 16.7. The third-order valence-electron chi connectivity index (χ3n) is 7.18. The van der Waals surface area contributed by atoms with E-state index >= 15 is 0 Å². The molecule has 3 aromatic rings. The molecule has 0 radical (unpaired) electrons. The van der Waals surface area contributed by atoms with Gasteiger partial charge in [0.15, 0.2) is 23.0 Å². The minimum atomic E-state index is -0.662. The molecule has 12 nitrogen and oxygen atoms in total. The van der Waals surface area contributed by atoms with E-state index in [9.17, 15) is 19.5 Å². The Bertz CT molecular complexity index is 1500. The average Bonchev–Trinajstić information content (AvgIpc) is 3.51. The number of anilines is 1. The smallest absolute Gasteiger partial charge is 0.310 e. The number of hydrogen-bond acceptors (Lipinski definition) is 10. The summed E-state index contributed by atoms with van der Waals surface area (Å²) < 4.78 is 27.5. The summed E-state index contributed by atoms with van der Waals surface area (Å²) in [5.41, 5.74) is 1.20. The van der Waals surface area contributed by atoms with Crippen LogP contribution in [0.1, 0.15) is 28.7 Å². The second-order valence-corrected chi connectivity index (χ2v) is 9.03. The number of rotatable bonds is 5. The number of H-pyrrole nitrogens is 2. The zero-order valence-corrected chi connectivity index (χ0v) is 19.8. The van der Waals surface area contributed by atoms with E-state index in [0.29, 0.717) is 17.1 Å². The number of carbonyl (C=O) groups is 1. The molecule has 0 unspecified atom stereocenters. The summed E-state index contributed by atoms with van der Waals surface area (Å²) in [6.07, 6.45) is 0. The van der Waals surface area contributed by atoms with Gasteiger partial charge >= 0.3 is 5.97 Å².